The van der Waals surface area contributed by atoms with Crippen molar-refractivity contribution in [3.8, 4) is 0 Å². The van der Waals surface area contributed by atoms with Gasteiger partial charge in [-0.25, -0.2) is 23.1 Å². The largest absolute Gasteiger partial charge is 0.398 e. The second-order valence-electron chi connectivity index (χ2n) is 3.65. The highest BCUT2D eigenvalue weighted by atomic mass is 32.2. The predicted octanol–water partition coefficient (Wildman–Crippen LogP) is 1.17. The Morgan fingerprint density at radius 3 is 2.50 bits per heavy atom. The third-order valence-electron chi connectivity index (χ3n) is 2.41. The van der Waals surface area contributed by atoms with Crippen molar-refractivity contribution >= 4 is 21.7 Å². The molecule has 0 saturated heterocycles. The van der Waals surface area contributed by atoms with E-state index in [0.29, 0.717) is 11.3 Å². The van der Waals surface area contributed by atoms with Gasteiger partial charge in [0, 0.05) is 18.1 Å². The van der Waals surface area contributed by atoms with E-state index in [4.69, 9.17) is 5.73 Å². The molecule has 3 N–H and O–H groups in total. The molecular formula is C11H12N4O2S. The Bertz CT molecular complexity index is 656. The number of nitrogens with one attached hydrogen (secondary N) is 1. The predicted molar refractivity (Wildman–Crippen MR) is 68.4 cm³/mol. The van der Waals surface area contributed by atoms with Crippen LogP contribution in [0.5, 0.6) is 0 Å². The molecule has 2 aromatic rings. The maximum absolute atomic E-state index is 12.1. The molecule has 0 amide bonds. The maximum Gasteiger partial charge on any atom is 0.264 e. The number of rotatable bonds is 3. The second-order valence-corrected chi connectivity index (χ2v) is 5.30. The summed E-state index contributed by atoms with van der Waals surface area (Å²) < 4.78 is 26.6. The molecule has 0 unspecified atom stereocenters. The van der Waals surface area contributed by atoms with Gasteiger partial charge in [-0.05, 0) is 30.7 Å². The number of benzene rings is 1. The van der Waals surface area contributed by atoms with E-state index in [-0.39, 0.29) is 10.8 Å². The van der Waals surface area contributed by atoms with Crippen LogP contribution in [0.4, 0.5) is 11.6 Å². The molecule has 0 aliphatic carbocycles. The van der Waals surface area contributed by atoms with Crippen molar-refractivity contribution in [3.63, 3.8) is 0 Å². The molecule has 2 rings (SSSR count). The topological polar surface area (TPSA) is 98.0 Å². The first kappa shape index (κ1) is 12.3. The number of sulfonamides is 1. The summed E-state index contributed by atoms with van der Waals surface area (Å²) in [4.78, 5) is 7.74. The molecule has 0 aliphatic rings. The summed E-state index contributed by atoms with van der Waals surface area (Å²) >= 11 is 0. The normalized spacial score (nSPS) is 11.2. The molecule has 7 heteroatoms. The van der Waals surface area contributed by atoms with E-state index in [0.717, 1.165) is 0 Å². The lowest BCUT2D eigenvalue weighted by Crippen LogP contribution is -2.16. The molecule has 0 aliphatic heterocycles. The van der Waals surface area contributed by atoms with Crippen LogP contribution in [0.2, 0.25) is 0 Å². The van der Waals surface area contributed by atoms with E-state index in [1.807, 2.05) is 0 Å². The number of aromatic nitrogens is 2. The molecule has 1 aromatic heterocycles. The van der Waals surface area contributed by atoms with Crippen LogP contribution in [0.15, 0.2) is 41.6 Å². The van der Waals surface area contributed by atoms with E-state index >= 15 is 0 Å². The zero-order valence-corrected chi connectivity index (χ0v) is 10.5. The summed E-state index contributed by atoms with van der Waals surface area (Å²) in [5.41, 5.74) is 6.61. The van der Waals surface area contributed by atoms with Gasteiger partial charge in [-0.3, -0.25) is 0 Å². The molecule has 0 fully saturated rings. The summed E-state index contributed by atoms with van der Waals surface area (Å²) in [5.74, 6) is 0.0272. The third kappa shape index (κ3) is 2.40. The Morgan fingerprint density at radius 1 is 1.17 bits per heavy atom. The molecule has 0 saturated carbocycles. The highest BCUT2D eigenvalue weighted by molar-refractivity contribution is 7.92. The van der Waals surface area contributed by atoms with Crippen molar-refractivity contribution < 1.29 is 8.42 Å². The average Bonchev–Trinajstić information content (AvgIpc) is 2.33. The summed E-state index contributed by atoms with van der Waals surface area (Å²) in [5, 5.41) is 0. The summed E-state index contributed by atoms with van der Waals surface area (Å²) in [7, 11) is -3.72. The van der Waals surface area contributed by atoms with Gasteiger partial charge in [0.1, 0.15) is 0 Å². The number of anilines is 2. The van der Waals surface area contributed by atoms with Crippen LogP contribution in [-0.2, 0) is 10.0 Å². The summed E-state index contributed by atoms with van der Waals surface area (Å²) in [6.45, 7) is 1.65. The van der Waals surface area contributed by atoms with Crippen LogP contribution in [0, 0.1) is 6.92 Å². The van der Waals surface area contributed by atoms with Gasteiger partial charge < -0.3 is 5.73 Å². The number of hydrogen-bond donors (Lipinski definition) is 2. The molecule has 1 aromatic carbocycles. The smallest absolute Gasteiger partial charge is 0.264 e. The van der Waals surface area contributed by atoms with Crippen LogP contribution < -0.4 is 10.5 Å². The van der Waals surface area contributed by atoms with E-state index in [9.17, 15) is 8.42 Å². The van der Waals surface area contributed by atoms with Crippen molar-refractivity contribution in [1.29, 1.82) is 0 Å². The molecule has 1 heterocycles. The molecule has 18 heavy (non-hydrogen) atoms. The Kier molecular flexibility index (Phi) is 3.15. The number of nitrogens with zero attached hydrogens (tertiary/aromatic N) is 2. The van der Waals surface area contributed by atoms with Gasteiger partial charge in [-0.15, -0.1) is 0 Å². The molecular weight excluding hydrogens is 252 g/mol. The molecule has 0 bridgehead atoms. The Morgan fingerprint density at radius 2 is 1.83 bits per heavy atom. The molecule has 0 atom stereocenters. The molecule has 0 spiro atoms. The Hall–Kier alpha value is -2.15. The molecule has 6 nitrogen and oxygen atoms in total. The van der Waals surface area contributed by atoms with Crippen molar-refractivity contribution in [2.45, 2.75) is 11.8 Å². The van der Waals surface area contributed by atoms with Crippen LogP contribution in [-0.4, -0.2) is 18.4 Å². The quantitative estimate of drug-likeness (QED) is 0.811. The number of nitrogen functional groups attached to an aromatic ring is 1. The lowest BCUT2D eigenvalue weighted by molar-refractivity contribution is 0.600. The molecule has 94 valence electrons. The van der Waals surface area contributed by atoms with Gasteiger partial charge in [0.05, 0.1) is 4.90 Å². The zero-order chi connectivity index (χ0) is 13.2. The maximum atomic E-state index is 12.1. The monoisotopic (exact) mass is 264 g/mol. The molecule has 0 radical (unpaired) electrons. The van der Waals surface area contributed by atoms with Crippen molar-refractivity contribution in [1.82, 2.24) is 9.97 Å². The minimum atomic E-state index is -3.72. The van der Waals surface area contributed by atoms with Gasteiger partial charge >= 0.3 is 0 Å². The van der Waals surface area contributed by atoms with Gasteiger partial charge in [-0.2, -0.15) is 0 Å². The van der Waals surface area contributed by atoms with E-state index in [2.05, 4.69) is 14.7 Å². The van der Waals surface area contributed by atoms with Crippen molar-refractivity contribution in [3.05, 3.63) is 42.2 Å². The average molecular weight is 264 g/mol. The van der Waals surface area contributed by atoms with Gasteiger partial charge in [0.15, 0.2) is 0 Å². The summed E-state index contributed by atoms with van der Waals surface area (Å²) in [6, 6.07) is 6.32. The van der Waals surface area contributed by atoms with E-state index in [1.54, 1.807) is 25.1 Å². The van der Waals surface area contributed by atoms with E-state index in [1.165, 1.54) is 18.5 Å². The van der Waals surface area contributed by atoms with Crippen molar-refractivity contribution in [2.75, 3.05) is 10.5 Å². The lowest BCUT2D eigenvalue weighted by Gasteiger charge is -2.10. The van der Waals surface area contributed by atoms with Crippen LogP contribution in [0.1, 0.15) is 5.56 Å². The highest BCUT2D eigenvalue weighted by Gasteiger charge is 2.18. The first-order valence-electron chi connectivity index (χ1n) is 5.15. The van der Waals surface area contributed by atoms with Gasteiger partial charge in [0.25, 0.3) is 10.0 Å². The fraction of sp³-hybridized carbons (Fsp3) is 0.0909. The van der Waals surface area contributed by atoms with Gasteiger partial charge in [0.2, 0.25) is 5.95 Å². The van der Waals surface area contributed by atoms with Crippen molar-refractivity contribution in [2.24, 2.45) is 0 Å². The minimum absolute atomic E-state index is 0.0272. The first-order valence-corrected chi connectivity index (χ1v) is 6.64. The standard InChI is InChI=1S/C11H12N4O2S/c1-8-9(12)4-2-5-10(8)18(16,17)15-11-13-6-3-7-14-11/h2-7H,12H2,1H3,(H,13,14,15). The minimum Gasteiger partial charge on any atom is -0.398 e. The third-order valence-corrected chi connectivity index (χ3v) is 3.88. The number of hydrogen-bond acceptors (Lipinski definition) is 5. The van der Waals surface area contributed by atoms with Crippen LogP contribution in [0.3, 0.4) is 0 Å². The Balaban J connectivity index is 2.41. The SMILES string of the molecule is Cc1c(N)cccc1S(=O)(=O)Nc1ncccn1. The highest BCUT2D eigenvalue weighted by Crippen LogP contribution is 2.21. The first-order chi connectivity index (χ1) is 8.50. The Labute approximate surface area is 105 Å². The fourth-order valence-electron chi connectivity index (χ4n) is 1.45. The fourth-order valence-corrected chi connectivity index (χ4v) is 2.68. The van der Waals surface area contributed by atoms with Crippen LogP contribution in [0.25, 0.3) is 0 Å². The lowest BCUT2D eigenvalue weighted by atomic mass is 10.2. The second kappa shape index (κ2) is 4.61. The van der Waals surface area contributed by atoms with Crippen LogP contribution >= 0.6 is 0 Å². The van der Waals surface area contributed by atoms with E-state index < -0.39 is 10.0 Å². The van der Waals surface area contributed by atoms with Gasteiger partial charge in [-0.1, -0.05) is 6.07 Å². The summed E-state index contributed by atoms with van der Waals surface area (Å²) in [6.07, 6.45) is 2.91. The zero-order valence-electron chi connectivity index (χ0n) is 9.66. The number of nitrogens with two attached hydrogens (primary N) is 1.